The van der Waals surface area contributed by atoms with Gasteiger partial charge in [-0.15, -0.1) is 0 Å². The molecule has 3 fully saturated rings. The number of fused-ring (bicyclic) bond motifs is 1. The lowest BCUT2D eigenvalue weighted by Crippen LogP contribution is -2.62. The van der Waals surface area contributed by atoms with Crippen LogP contribution in [0.3, 0.4) is 0 Å². The standard InChI is InChI=1S/C30H51BrO5/c1-20(2)10-9-17-28(6,33)24(32)13-11-21(3)22-12-14-25-29(7,35-22)19-16-26(34-25)30(8)18-15-23(31)27(4,5)36-30/h10-11,22-26,32-33H,9,12-19H2,1-8H3. The van der Waals surface area contributed by atoms with E-state index in [-0.39, 0.29) is 35.1 Å². The van der Waals surface area contributed by atoms with Crippen molar-refractivity contribution in [1.82, 2.24) is 0 Å². The number of aliphatic hydroxyl groups is 2. The third-order valence-electron chi connectivity index (χ3n) is 8.93. The van der Waals surface area contributed by atoms with Gasteiger partial charge in [0.25, 0.3) is 0 Å². The lowest BCUT2D eigenvalue weighted by molar-refractivity contribution is -0.284. The minimum Gasteiger partial charge on any atom is -0.390 e. The molecule has 0 radical (unpaired) electrons. The summed E-state index contributed by atoms with van der Waals surface area (Å²) in [6.07, 6.45) is 11.0. The van der Waals surface area contributed by atoms with Crippen LogP contribution in [0, 0.1) is 0 Å². The summed E-state index contributed by atoms with van der Waals surface area (Å²) in [5, 5.41) is 21.4. The number of ether oxygens (including phenoxy) is 3. The summed E-state index contributed by atoms with van der Waals surface area (Å²) in [7, 11) is 0. The van der Waals surface area contributed by atoms with E-state index in [1.54, 1.807) is 6.92 Å². The maximum absolute atomic E-state index is 10.7. The van der Waals surface area contributed by atoms with Crippen molar-refractivity contribution in [2.75, 3.05) is 0 Å². The number of halogens is 1. The van der Waals surface area contributed by atoms with Crippen molar-refractivity contribution >= 4 is 15.9 Å². The molecule has 0 aliphatic carbocycles. The van der Waals surface area contributed by atoms with E-state index in [1.807, 2.05) is 13.8 Å². The van der Waals surface area contributed by atoms with Gasteiger partial charge in [0.2, 0.25) is 0 Å². The normalized spacial score (nSPS) is 39.6. The molecule has 3 rings (SSSR count). The Hall–Kier alpha value is -0.240. The zero-order chi connectivity index (χ0) is 26.9. The molecule has 0 saturated carbocycles. The van der Waals surface area contributed by atoms with Gasteiger partial charge in [0.15, 0.2) is 0 Å². The first-order chi connectivity index (χ1) is 16.6. The Morgan fingerprint density at radius 3 is 2.28 bits per heavy atom. The molecule has 0 spiro atoms. The molecule has 2 N–H and O–H groups in total. The quantitative estimate of drug-likeness (QED) is 0.248. The zero-order valence-electron chi connectivity index (χ0n) is 23.9. The summed E-state index contributed by atoms with van der Waals surface area (Å²) < 4.78 is 20.0. The SMILES string of the molecule is CC(C)=CCCC(C)(O)C(O)CC=C(C)C1CCC2OC(C3(C)CCC(Br)C(C)(C)O3)CCC2(C)O1. The van der Waals surface area contributed by atoms with E-state index in [0.717, 1.165) is 50.5 Å². The van der Waals surface area contributed by atoms with Crippen molar-refractivity contribution < 1.29 is 24.4 Å². The summed E-state index contributed by atoms with van der Waals surface area (Å²) in [6.45, 7) is 16.7. The first-order valence-electron chi connectivity index (χ1n) is 14.0. The molecule has 6 heteroatoms. The van der Waals surface area contributed by atoms with E-state index in [1.165, 1.54) is 5.57 Å². The highest BCUT2D eigenvalue weighted by atomic mass is 79.9. The van der Waals surface area contributed by atoms with Crippen molar-refractivity contribution in [2.45, 2.75) is 165 Å². The minimum atomic E-state index is -1.11. The molecule has 5 nitrogen and oxygen atoms in total. The number of hydrogen-bond donors (Lipinski definition) is 2. The highest BCUT2D eigenvalue weighted by Crippen LogP contribution is 2.48. The second-order valence-corrected chi connectivity index (χ2v) is 14.2. The van der Waals surface area contributed by atoms with E-state index in [9.17, 15) is 10.2 Å². The molecule has 208 valence electrons. The van der Waals surface area contributed by atoms with Gasteiger partial charge < -0.3 is 24.4 Å². The summed E-state index contributed by atoms with van der Waals surface area (Å²) in [5.74, 6) is 0. The van der Waals surface area contributed by atoms with Crippen LogP contribution in [0.4, 0.5) is 0 Å². The van der Waals surface area contributed by atoms with Crippen LogP contribution in [0.25, 0.3) is 0 Å². The van der Waals surface area contributed by atoms with Crippen LogP contribution in [0.1, 0.15) is 113 Å². The Labute approximate surface area is 228 Å². The molecule has 0 bridgehead atoms. The second-order valence-electron chi connectivity index (χ2n) is 13.0. The first-order valence-corrected chi connectivity index (χ1v) is 14.9. The molecule has 8 unspecified atom stereocenters. The smallest absolute Gasteiger partial charge is 0.0924 e. The minimum absolute atomic E-state index is 0.0174. The molecule has 0 aromatic rings. The topological polar surface area (TPSA) is 68.2 Å². The van der Waals surface area contributed by atoms with Crippen LogP contribution in [0.15, 0.2) is 23.3 Å². The zero-order valence-corrected chi connectivity index (χ0v) is 25.5. The first kappa shape index (κ1) is 30.3. The highest BCUT2D eigenvalue weighted by Gasteiger charge is 2.53. The fraction of sp³-hybridized carbons (Fsp3) is 0.867. The maximum atomic E-state index is 10.7. The van der Waals surface area contributed by atoms with E-state index in [0.29, 0.717) is 17.7 Å². The number of rotatable bonds is 8. The number of alkyl halides is 1. The molecule has 0 amide bonds. The fourth-order valence-corrected chi connectivity index (χ4v) is 6.48. The average Bonchev–Trinajstić information content (AvgIpc) is 2.78. The molecule has 0 aromatic heterocycles. The summed E-state index contributed by atoms with van der Waals surface area (Å²) in [6, 6.07) is 0. The number of allylic oxidation sites excluding steroid dienone is 2. The largest absolute Gasteiger partial charge is 0.390 e. The predicted octanol–water partition coefficient (Wildman–Crippen LogP) is 6.78. The lowest BCUT2D eigenvalue weighted by atomic mass is 9.76. The van der Waals surface area contributed by atoms with Crippen LogP contribution < -0.4 is 0 Å². The Morgan fingerprint density at radius 2 is 1.64 bits per heavy atom. The van der Waals surface area contributed by atoms with Crippen molar-refractivity contribution in [1.29, 1.82) is 0 Å². The van der Waals surface area contributed by atoms with Gasteiger partial charge in [0.1, 0.15) is 0 Å². The van der Waals surface area contributed by atoms with E-state index >= 15 is 0 Å². The molecule has 8 atom stereocenters. The lowest BCUT2D eigenvalue weighted by Gasteiger charge is -2.55. The van der Waals surface area contributed by atoms with Crippen molar-refractivity contribution in [2.24, 2.45) is 0 Å². The van der Waals surface area contributed by atoms with Crippen LogP contribution in [-0.4, -0.2) is 61.9 Å². The number of aliphatic hydroxyl groups excluding tert-OH is 1. The van der Waals surface area contributed by atoms with E-state index in [2.05, 4.69) is 62.7 Å². The molecule has 3 saturated heterocycles. The van der Waals surface area contributed by atoms with Gasteiger partial charge in [-0.2, -0.15) is 0 Å². The maximum Gasteiger partial charge on any atom is 0.0924 e. The van der Waals surface area contributed by atoms with Gasteiger partial charge in [0.05, 0.1) is 46.8 Å². The van der Waals surface area contributed by atoms with Crippen LogP contribution in [0.5, 0.6) is 0 Å². The average molecular weight is 572 g/mol. The Kier molecular flexibility index (Phi) is 9.66. The summed E-state index contributed by atoms with van der Waals surface area (Å²) in [5.41, 5.74) is 0.437. The van der Waals surface area contributed by atoms with Crippen molar-refractivity contribution in [3.63, 3.8) is 0 Å². The van der Waals surface area contributed by atoms with Gasteiger partial charge in [-0.3, -0.25) is 0 Å². The fourth-order valence-electron chi connectivity index (χ4n) is 6.16. The van der Waals surface area contributed by atoms with Crippen LogP contribution in [0.2, 0.25) is 0 Å². The third-order valence-corrected chi connectivity index (χ3v) is 10.5. The van der Waals surface area contributed by atoms with Gasteiger partial charge >= 0.3 is 0 Å². The molecular formula is C30H51BrO5. The molecule has 3 aliphatic heterocycles. The molecule has 3 heterocycles. The Morgan fingerprint density at radius 1 is 1.00 bits per heavy atom. The van der Waals surface area contributed by atoms with Gasteiger partial charge in [-0.05, 0) is 119 Å². The van der Waals surface area contributed by atoms with E-state index in [4.69, 9.17) is 14.2 Å². The predicted molar refractivity (Wildman–Crippen MR) is 150 cm³/mol. The van der Waals surface area contributed by atoms with Crippen molar-refractivity contribution in [3.8, 4) is 0 Å². The number of hydrogen-bond acceptors (Lipinski definition) is 5. The molecule has 36 heavy (non-hydrogen) atoms. The van der Waals surface area contributed by atoms with Gasteiger partial charge in [-0.1, -0.05) is 33.7 Å². The van der Waals surface area contributed by atoms with Crippen LogP contribution in [-0.2, 0) is 14.2 Å². The van der Waals surface area contributed by atoms with Crippen LogP contribution >= 0.6 is 15.9 Å². The molecule has 3 aliphatic rings. The Balaban J connectivity index is 1.57. The monoisotopic (exact) mass is 570 g/mol. The van der Waals surface area contributed by atoms with Gasteiger partial charge in [-0.25, -0.2) is 0 Å². The second kappa shape index (κ2) is 11.5. The summed E-state index contributed by atoms with van der Waals surface area (Å²) in [4.78, 5) is 0.361. The molecular weight excluding hydrogens is 520 g/mol. The van der Waals surface area contributed by atoms with Gasteiger partial charge in [0, 0.05) is 4.83 Å². The third kappa shape index (κ3) is 7.04. The highest BCUT2D eigenvalue weighted by molar-refractivity contribution is 9.09. The van der Waals surface area contributed by atoms with Crippen molar-refractivity contribution in [3.05, 3.63) is 23.3 Å². The molecule has 0 aromatic carbocycles. The van der Waals surface area contributed by atoms with E-state index < -0.39 is 11.7 Å². The summed E-state index contributed by atoms with van der Waals surface area (Å²) >= 11 is 3.79. The Bertz CT molecular complexity index is 816.